The predicted molar refractivity (Wildman–Crippen MR) is 275 cm³/mol. The largest absolute Gasteiger partial charge is 0.307 e. The van der Waals surface area contributed by atoms with E-state index in [-0.39, 0.29) is 11.8 Å². The van der Waals surface area contributed by atoms with E-state index in [4.69, 9.17) is 7.85 Å². The van der Waals surface area contributed by atoms with Crippen LogP contribution in [0.25, 0.3) is 21.9 Å². The van der Waals surface area contributed by atoms with Gasteiger partial charge in [-0.2, -0.15) is 11.3 Å². The van der Waals surface area contributed by atoms with Gasteiger partial charge >= 0.3 is 0 Å². The first-order valence-corrected chi connectivity index (χ1v) is 27.3. The standard InChI is InChI=1S/C54H74BBrN2O2S2/c1-5-9-13-17-19-23-27-39(25-21-15-11-7-3)37-57-51-41-30-32-44-50(46-34-36-48(56)62-46)54(60)58(38-40(26-22-16-12-8-4)28-24-20-18-14-10-6-2)52(44)42(41)29-31-43(51)49(53(57)59)45-33-35-47(55)61-45/h29-36,39-40H,5-28,37-38H2,1-4H3. The molecular weight excluding hydrogens is 863 g/mol. The molecule has 2 radical (unpaired) electrons. The summed E-state index contributed by atoms with van der Waals surface area (Å²) < 4.78 is 1.75. The maximum Gasteiger partial charge on any atom is 0.260 e. The van der Waals surface area contributed by atoms with E-state index >= 15 is 9.59 Å². The summed E-state index contributed by atoms with van der Waals surface area (Å²) in [7, 11) is 6.33. The van der Waals surface area contributed by atoms with Gasteiger partial charge in [-0.1, -0.05) is 186 Å². The molecule has 0 saturated heterocycles. The van der Waals surface area contributed by atoms with Crippen LogP contribution in [0.15, 0.2) is 52.3 Å². The van der Waals surface area contributed by atoms with Crippen molar-refractivity contribution in [3.05, 3.63) is 72.5 Å². The normalized spacial score (nSPS) is 14.8. The third-order valence-electron chi connectivity index (χ3n) is 13.6. The van der Waals surface area contributed by atoms with Gasteiger partial charge in [0.25, 0.3) is 11.8 Å². The van der Waals surface area contributed by atoms with Crippen molar-refractivity contribution in [2.24, 2.45) is 11.8 Å². The Balaban J connectivity index is 1.43. The Bertz CT molecular complexity index is 2040. The van der Waals surface area contributed by atoms with Gasteiger partial charge in [-0.25, -0.2) is 0 Å². The van der Waals surface area contributed by atoms with Crippen molar-refractivity contribution in [2.75, 3.05) is 22.9 Å². The summed E-state index contributed by atoms with van der Waals surface area (Å²) in [5, 5.41) is 4.15. The first-order chi connectivity index (χ1) is 30.3. The highest BCUT2D eigenvalue weighted by Gasteiger charge is 2.37. The molecule has 0 spiro atoms. The van der Waals surface area contributed by atoms with Crippen molar-refractivity contribution < 1.29 is 9.59 Å². The van der Waals surface area contributed by atoms with Crippen LogP contribution in [0.4, 0.5) is 11.4 Å². The number of carbonyl (C=O) groups is 2. The van der Waals surface area contributed by atoms with Gasteiger partial charge in [0.05, 0.1) is 26.3 Å². The van der Waals surface area contributed by atoms with E-state index < -0.39 is 0 Å². The monoisotopic (exact) mass is 936 g/mol. The van der Waals surface area contributed by atoms with Crippen LogP contribution in [-0.4, -0.2) is 32.8 Å². The zero-order valence-electron chi connectivity index (χ0n) is 38.6. The molecule has 8 heteroatoms. The molecule has 2 aromatic heterocycles. The van der Waals surface area contributed by atoms with Crippen LogP contribution < -0.4 is 25.0 Å². The van der Waals surface area contributed by atoms with E-state index in [0.29, 0.717) is 11.8 Å². The van der Waals surface area contributed by atoms with Crippen LogP contribution in [0.3, 0.4) is 0 Å². The molecular formula is C54H74BBrN2O2S2. The van der Waals surface area contributed by atoms with Crippen molar-refractivity contribution in [1.29, 1.82) is 0 Å². The highest BCUT2D eigenvalue weighted by atomic mass is 79.9. The lowest BCUT2D eigenvalue weighted by atomic mass is 9.93. The van der Waals surface area contributed by atoms with Gasteiger partial charge < -0.3 is 9.80 Å². The van der Waals surface area contributed by atoms with E-state index in [1.54, 1.807) is 11.3 Å². The van der Waals surface area contributed by atoms with E-state index in [0.717, 1.165) is 101 Å². The molecule has 0 fully saturated rings. The Labute approximate surface area is 392 Å². The number of benzene rings is 2. The number of rotatable bonds is 30. The van der Waals surface area contributed by atoms with Crippen molar-refractivity contribution in [3.8, 4) is 0 Å². The molecule has 4 heterocycles. The Morgan fingerprint density at radius 2 is 0.855 bits per heavy atom. The maximum absolute atomic E-state index is 15.0. The SMILES string of the molecule is [B]c1ccc(C2=c3ccc4c5c(ccc4c3N(CC(CCCCCC)CCCCCCCC)C2=O)=C(c2ccc(Br)s2)C(=O)N5CC(CCCCCC)CCCCCCCC)s1. The van der Waals surface area contributed by atoms with E-state index in [1.165, 1.54) is 140 Å². The van der Waals surface area contributed by atoms with Crippen LogP contribution >= 0.6 is 38.6 Å². The summed E-state index contributed by atoms with van der Waals surface area (Å²) in [4.78, 5) is 36.3. The molecule has 2 atom stereocenters. The molecule has 2 aliphatic rings. The molecule has 2 unspecified atom stereocenters. The molecule has 334 valence electrons. The molecule has 6 rings (SSSR count). The van der Waals surface area contributed by atoms with Gasteiger partial charge in [0, 0.05) is 44.1 Å². The minimum atomic E-state index is 0.0889. The third kappa shape index (κ3) is 12.4. The Morgan fingerprint density at radius 3 is 1.23 bits per heavy atom. The second-order valence-corrected chi connectivity index (χ2v) is 22.0. The van der Waals surface area contributed by atoms with Crippen molar-refractivity contribution in [3.63, 3.8) is 0 Å². The second-order valence-electron chi connectivity index (χ2n) is 18.4. The number of hydrogen-bond donors (Lipinski definition) is 0. The van der Waals surface area contributed by atoms with Gasteiger partial charge in [0.1, 0.15) is 7.85 Å². The molecule has 0 saturated carbocycles. The molecule has 62 heavy (non-hydrogen) atoms. The topological polar surface area (TPSA) is 40.6 Å². The molecule has 4 nitrogen and oxygen atoms in total. The zero-order valence-corrected chi connectivity index (χ0v) is 41.9. The summed E-state index contributed by atoms with van der Waals surface area (Å²) in [5.41, 5.74) is 3.62. The van der Waals surface area contributed by atoms with E-state index in [2.05, 4.69) is 89.8 Å². The minimum Gasteiger partial charge on any atom is -0.307 e. The number of carbonyl (C=O) groups excluding carboxylic acids is 2. The first kappa shape index (κ1) is 48.8. The summed E-state index contributed by atoms with van der Waals surface area (Å²) in [6.07, 6.45) is 29.8. The van der Waals surface area contributed by atoms with Crippen LogP contribution in [0.2, 0.25) is 0 Å². The number of anilines is 2. The zero-order chi connectivity index (χ0) is 43.8. The smallest absolute Gasteiger partial charge is 0.260 e. The van der Waals surface area contributed by atoms with Crippen molar-refractivity contribution in [1.82, 2.24) is 0 Å². The van der Waals surface area contributed by atoms with Crippen molar-refractivity contribution in [2.45, 2.75) is 182 Å². The molecule has 2 amide bonds. The number of hydrogen-bond acceptors (Lipinski definition) is 4. The van der Waals surface area contributed by atoms with Gasteiger partial charge in [0.15, 0.2) is 0 Å². The molecule has 4 aromatic rings. The summed E-state index contributed by atoms with van der Waals surface area (Å²) in [6.45, 7) is 10.6. The number of unbranched alkanes of at least 4 members (excludes halogenated alkanes) is 16. The maximum atomic E-state index is 15.0. The van der Waals surface area contributed by atoms with Gasteiger partial charge in [-0.3, -0.25) is 9.59 Å². The Morgan fingerprint density at radius 1 is 0.484 bits per heavy atom. The molecule has 2 aromatic carbocycles. The number of fused-ring (bicyclic) bond motifs is 5. The lowest BCUT2D eigenvalue weighted by Crippen LogP contribution is -2.34. The molecule has 0 bridgehead atoms. The van der Waals surface area contributed by atoms with Crippen LogP contribution in [0.1, 0.15) is 192 Å². The fourth-order valence-electron chi connectivity index (χ4n) is 10.1. The van der Waals surface area contributed by atoms with Gasteiger partial charge in [-0.05, 0) is 76.4 Å². The van der Waals surface area contributed by atoms with Crippen LogP contribution in [0, 0.1) is 11.8 Å². The summed E-state index contributed by atoms with van der Waals surface area (Å²) in [6, 6.07) is 16.9. The predicted octanol–water partition coefficient (Wildman–Crippen LogP) is 14.3. The fourth-order valence-corrected chi connectivity index (χ4v) is 12.4. The van der Waals surface area contributed by atoms with Crippen LogP contribution in [-0.2, 0) is 9.59 Å². The summed E-state index contributed by atoms with van der Waals surface area (Å²) in [5.74, 6) is 1.07. The molecule has 0 N–H and O–H groups in total. The average Bonchev–Trinajstić information content (AvgIpc) is 4.03. The number of amides is 2. The lowest BCUT2D eigenvalue weighted by molar-refractivity contribution is -0.114. The number of thiophene rings is 2. The first-order valence-electron chi connectivity index (χ1n) is 24.9. The number of nitrogens with zero attached hydrogens (tertiary/aromatic N) is 2. The van der Waals surface area contributed by atoms with Crippen molar-refractivity contribution >= 4 is 96.3 Å². The van der Waals surface area contributed by atoms with Gasteiger partial charge in [0.2, 0.25) is 0 Å². The molecule has 0 aliphatic carbocycles. The highest BCUT2D eigenvalue weighted by molar-refractivity contribution is 9.11. The summed E-state index contributed by atoms with van der Waals surface area (Å²) >= 11 is 6.85. The van der Waals surface area contributed by atoms with E-state index in [1.807, 2.05) is 12.1 Å². The third-order valence-corrected chi connectivity index (χ3v) is 16.2. The Hall–Kier alpha value is -2.68. The minimum absolute atomic E-state index is 0.0889. The fraction of sp³-hybridized carbons (Fsp3) is 0.593. The highest BCUT2D eigenvalue weighted by Crippen LogP contribution is 2.41. The van der Waals surface area contributed by atoms with Crippen LogP contribution in [0.5, 0.6) is 0 Å². The number of halogens is 1. The van der Waals surface area contributed by atoms with Gasteiger partial charge in [-0.15, -0.1) is 11.3 Å². The second kappa shape index (κ2) is 25.1. The quantitative estimate of drug-likeness (QED) is 0.0386. The van der Waals surface area contributed by atoms with E-state index in [9.17, 15) is 0 Å². The molecule has 2 aliphatic heterocycles. The average molecular weight is 938 g/mol. The Kier molecular flexibility index (Phi) is 19.8. The lowest BCUT2D eigenvalue weighted by Gasteiger charge is -2.28.